The molecule has 23 heavy (non-hydrogen) atoms. The maximum Gasteiger partial charge on any atom is 0.240 e. The summed E-state index contributed by atoms with van der Waals surface area (Å²) in [5, 5.41) is 0. The second-order valence-electron chi connectivity index (χ2n) is 5.66. The third-order valence-corrected chi connectivity index (χ3v) is 5.26. The first-order chi connectivity index (χ1) is 11.0. The van der Waals surface area contributed by atoms with Crippen molar-refractivity contribution in [2.24, 2.45) is 0 Å². The Balaban J connectivity index is 1.73. The second-order valence-corrected chi connectivity index (χ2v) is 7.43. The summed E-state index contributed by atoms with van der Waals surface area (Å²) in [5.74, 6) is 1.17. The molecule has 0 unspecified atom stereocenters. The van der Waals surface area contributed by atoms with Gasteiger partial charge in [-0.05, 0) is 49.6 Å². The summed E-state index contributed by atoms with van der Waals surface area (Å²) >= 11 is 0. The highest BCUT2D eigenvalue weighted by Crippen LogP contribution is 2.38. The van der Waals surface area contributed by atoms with Gasteiger partial charge in [-0.2, -0.15) is 0 Å². The number of hydrogen-bond donors (Lipinski definition) is 1. The molecule has 0 bridgehead atoms. The standard InChI is InChI=1S/C16H19N3O3S/c1-11-7-14(5-6-16(11)22-2)23(20,21)19-9-13-8-15(12-3-4-12)18-10-17-13/h5-8,10,12,19H,3-4,9H2,1-2H3. The fourth-order valence-corrected chi connectivity index (χ4v) is 3.47. The molecule has 0 aliphatic heterocycles. The summed E-state index contributed by atoms with van der Waals surface area (Å²) in [6.07, 6.45) is 3.79. The summed E-state index contributed by atoms with van der Waals surface area (Å²) in [5.41, 5.74) is 2.44. The van der Waals surface area contributed by atoms with Crippen molar-refractivity contribution in [2.45, 2.75) is 37.1 Å². The smallest absolute Gasteiger partial charge is 0.240 e. The van der Waals surface area contributed by atoms with Crippen LogP contribution >= 0.6 is 0 Å². The molecule has 1 heterocycles. The van der Waals surface area contributed by atoms with Gasteiger partial charge in [-0.3, -0.25) is 0 Å². The Morgan fingerprint density at radius 3 is 2.70 bits per heavy atom. The Labute approximate surface area is 136 Å². The number of aryl methyl sites for hydroxylation is 1. The van der Waals surface area contributed by atoms with Crippen LogP contribution in [0.3, 0.4) is 0 Å². The molecule has 7 heteroatoms. The van der Waals surface area contributed by atoms with Crippen LogP contribution in [0.4, 0.5) is 0 Å². The van der Waals surface area contributed by atoms with Crippen molar-refractivity contribution < 1.29 is 13.2 Å². The quantitative estimate of drug-likeness (QED) is 0.876. The molecule has 1 N–H and O–H groups in total. The molecule has 1 saturated carbocycles. The van der Waals surface area contributed by atoms with Crippen LogP contribution in [0.1, 0.15) is 35.7 Å². The Kier molecular flexibility index (Phi) is 4.32. The summed E-state index contributed by atoms with van der Waals surface area (Å²) in [6, 6.07) is 6.65. The number of methoxy groups -OCH3 is 1. The number of sulfonamides is 1. The van der Waals surface area contributed by atoms with Crippen molar-refractivity contribution in [3.05, 3.63) is 47.5 Å². The van der Waals surface area contributed by atoms with E-state index in [2.05, 4.69) is 14.7 Å². The maximum atomic E-state index is 12.4. The Bertz CT molecular complexity index is 817. The molecular weight excluding hydrogens is 314 g/mol. The Morgan fingerprint density at radius 1 is 1.26 bits per heavy atom. The highest BCUT2D eigenvalue weighted by Gasteiger charge is 2.25. The highest BCUT2D eigenvalue weighted by molar-refractivity contribution is 7.89. The second kappa shape index (κ2) is 6.25. The van der Waals surface area contributed by atoms with Gasteiger partial charge in [0.15, 0.2) is 0 Å². The molecule has 6 nitrogen and oxygen atoms in total. The van der Waals surface area contributed by atoms with Gasteiger partial charge in [-0.25, -0.2) is 23.1 Å². The molecule has 0 amide bonds. The lowest BCUT2D eigenvalue weighted by molar-refractivity contribution is 0.411. The molecule has 0 saturated heterocycles. The zero-order valence-corrected chi connectivity index (χ0v) is 13.9. The number of nitrogens with zero attached hydrogens (tertiary/aromatic N) is 2. The molecule has 1 aromatic carbocycles. The third kappa shape index (κ3) is 3.68. The van der Waals surface area contributed by atoms with Crippen molar-refractivity contribution in [1.82, 2.24) is 14.7 Å². The zero-order chi connectivity index (χ0) is 16.4. The minimum Gasteiger partial charge on any atom is -0.496 e. The molecule has 1 aliphatic carbocycles. The minimum absolute atomic E-state index is 0.148. The van der Waals surface area contributed by atoms with E-state index >= 15 is 0 Å². The van der Waals surface area contributed by atoms with Gasteiger partial charge in [0.2, 0.25) is 10.0 Å². The molecule has 0 atom stereocenters. The number of ether oxygens (including phenoxy) is 1. The molecule has 1 aliphatic rings. The molecule has 1 fully saturated rings. The van der Waals surface area contributed by atoms with Gasteiger partial charge in [0.1, 0.15) is 12.1 Å². The first-order valence-electron chi connectivity index (χ1n) is 7.45. The monoisotopic (exact) mass is 333 g/mol. The number of nitrogens with one attached hydrogen (secondary N) is 1. The summed E-state index contributed by atoms with van der Waals surface area (Å²) < 4.78 is 32.5. The van der Waals surface area contributed by atoms with Crippen LogP contribution < -0.4 is 9.46 Å². The van der Waals surface area contributed by atoms with Gasteiger partial charge >= 0.3 is 0 Å². The summed E-state index contributed by atoms with van der Waals surface area (Å²) in [4.78, 5) is 8.58. The SMILES string of the molecule is COc1ccc(S(=O)(=O)NCc2cc(C3CC3)ncn2)cc1C. The fraction of sp³-hybridized carbons (Fsp3) is 0.375. The van der Waals surface area contributed by atoms with E-state index in [-0.39, 0.29) is 11.4 Å². The molecule has 2 aromatic rings. The van der Waals surface area contributed by atoms with Crippen molar-refractivity contribution >= 4 is 10.0 Å². The van der Waals surface area contributed by atoms with Gasteiger partial charge < -0.3 is 4.74 Å². The van der Waals surface area contributed by atoms with Gasteiger partial charge in [0.05, 0.1) is 24.2 Å². The van der Waals surface area contributed by atoms with E-state index in [1.165, 1.54) is 12.4 Å². The van der Waals surface area contributed by atoms with Crippen LogP contribution in [0.2, 0.25) is 0 Å². The van der Waals surface area contributed by atoms with E-state index in [4.69, 9.17) is 4.74 Å². The molecule has 0 radical (unpaired) electrons. The molecule has 1 aromatic heterocycles. The van der Waals surface area contributed by atoms with E-state index in [9.17, 15) is 8.42 Å². The molecule has 0 spiro atoms. The summed E-state index contributed by atoms with van der Waals surface area (Å²) in [6.45, 7) is 1.96. The van der Waals surface area contributed by atoms with Gasteiger partial charge in [0.25, 0.3) is 0 Å². The van der Waals surface area contributed by atoms with Crippen molar-refractivity contribution in [1.29, 1.82) is 0 Å². The number of aromatic nitrogens is 2. The number of hydrogen-bond acceptors (Lipinski definition) is 5. The number of benzene rings is 1. The number of rotatable bonds is 6. The lowest BCUT2D eigenvalue weighted by Gasteiger charge is -2.10. The Morgan fingerprint density at radius 2 is 2.04 bits per heavy atom. The Hall–Kier alpha value is -1.99. The van der Waals surface area contributed by atoms with E-state index in [0.29, 0.717) is 17.4 Å². The van der Waals surface area contributed by atoms with E-state index < -0.39 is 10.0 Å². The average molecular weight is 333 g/mol. The van der Waals surface area contributed by atoms with E-state index in [0.717, 1.165) is 24.1 Å². The van der Waals surface area contributed by atoms with Crippen LogP contribution in [0.5, 0.6) is 5.75 Å². The van der Waals surface area contributed by atoms with Crippen LogP contribution in [0.25, 0.3) is 0 Å². The van der Waals surface area contributed by atoms with Gasteiger partial charge in [-0.1, -0.05) is 0 Å². The topological polar surface area (TPSA) is 81.2 Å². The predicted octanol–water partition coefficient (Wildman–Crippen LogP) is 2.15. The van der Waals surface area contributed by atoms with Crippen molar-refractivity contribution in [3.8, 4) is 5.75 Å². The largest absolute Gasteiger partial charge is 0.496 e. The minimum atomic E-state index is -3.59. The van der Waals surface area contributed by atoms with Crippen molar-refractivity contribution in [2.75, 3.05) is 7.11 Å². The lowest BCUT2D eigenvalue weighted by Crippen LogP contribution is -2.24. The lowest BCUT2D eigenvalue weighted by atomic mass is 10.2. The van der Waals surface area contributed by atoms with E-state index in [1.807, 2.05) is 13.0 Å². The first kappa shape index (κ1) is 15.9. The van der Waals surface area contributed by atoms with Gasteiger partial charge in [0, 0.05) is 11.6 Å². The maximum absolute atomic E-state index is 12.4. The normalized spacial score (nSPS) is 14.7. The highest BCUT2D eigenvalue weighted by atomic mass is 32.2. The zero-order valence-electron chi connectivity index (χ0n) is 13.1. The third-order valence-electron chi connectivity index (χ3n) is 3.86. The fourth-order valence-electron chi connectivity index (χ4n) is 2.38. The van der Waals surface area contributed by atoms with Crippen LogP contribution in [-0.4, -0.2) is 25.5 Å². The van der Waals surface area contributed by atoms with Crippen LogP contribution in [0, 0.1) is 6.92 Å². The summed E-state index contributed by atoms with van der Waals surface area (Å²) in [7, 11) is -2.03. The van der Waals surface area contributed by atoms with E-state index in [1.54, 1.807) is 19.2 Å². The van der Waals surface area contributed by atoms with Crippen LogP contribution in [-0.2, 0) is 16.6 Å². The van der Waals surface area contributed by atoms with Crippen LogP contribution in [0.15, 0.2) is 35.5 Å². The van der Waals surface area contributed by atoms with Gasteiger partial charge in [-0.15, -0.1) is 0 Å². The first-order valence-corrected chi connectivity index (χ1v) is 8.93. The van der Waals surface area contributed by atoms with Crippen molar-refractivity contribution in [3.63, 3.8) is 0 Å². The molecular formula is C16H19N3O3S. The molecule has 3 rings (SSSR count). The molecule has 122 valence electrons. The average Bonchev–Trinajstić information content (AvgIpc) is 3.38. The predicted molar refractivity (Wildman–Crippen MR) is 85.8 cm³/mol.